The Labute approximate surface area is 179 Å². The van der Waals surface area contributed by atoms with E-state index in [-0.39, 0.29) is 23.3 Å². The molecular formula is C23H23FN4O3. The van der Waals surface area contributed by atoms with Gasteiger partial charge in [0.05, 0.1) is 0 Å². The lowest BCUT2D eigenvalue weighted by molar-refractivity contribution is 0.101. The third kappa shape index (κ3) is 5.16. The average molecular weight is 422 g/mol. The van der Waals surface area contributed by atoms with E-state index in [1.807, 2.05) is 24.3 Å². The van der Waals surface area contributed by atoms with Crippen LogP contribution >= 0.6 is 0 Å². The van der Waals surface area contributed by atoms with Crippen LogP contribution < -0.4 is 4.74 Å². The van der Waals surface area contributed by atoms with Crippen molar-refractivity contribution >= 4 is 11.8 Å². The lowest BCUT2D eigenvalue weighted by Crippen LogP contribution is -2.49. The van der Waals surface area contributed by atoms with Crippen molar-refractivity contribution in [3.05, 3.63) is 77.9 Å². The summed E-state index contributed by atoms with van der Waals surface area (Å²) in [5, 5.41) is 4.05. The number of carbonyl (C=O) groups excluding carboxylic acids is 2. The first-order valence-corrected chi connectivity index (χ1v) is 10.1. The van der Waals surface area contributed by atoms with Crippen molar-refractivity contribution in [3.8, 4) is 11.5 Å². The SMILES string of the molecule is CC(=O)c1ccn(C(=O)N2CCN(Cc3cccc(Oc4ccc(F)cc4)c3)CC2)n1. The van der Waals surface area contributed by atoms with Crippen LogP contribution in [0.4, 0.5) is 9.18 Å². The summed E-state index contributed by atoms with van der Waals surface area (Å²) in [5.41, 5.74) is 1.38. The fraction of sp³-hybridized carbons (Fsp3) is 0.261. The number of aromatic nitrogens is 2. The largest absolute Gasteiger partial charge is 0.457 e. The summed E-state index contributed by atoms with van der Waals surface area (Å²) < 4.78 is 20.1. The Bertz CT molecular complexity index is 1070. The third-order valence-electron chi connectivity index (χ3n) is 5.14. The molecule has 31 heavy (non-hydrogen) atoms. The van der Waals surface area contributed by atoms with Crippen molar-refractivity contribution in [1.82, 2.24) is 19.6 Å². The van der Waals surface area contributed by atoms with Crippen LogP contribution in [-0.2, 0) is 6.54 Å². The predicted molar refractivity (Wildman–Crippen MR) is 113 cm³/mol. The van der Waals surface area contributed by atoms with Crippen LogP contribution in [0.3, 0.4) is 0 Å². The molecule has 4 rings (SSSR count). The topological polar surface area (TPSA) is 67.7 Å². The Hall–Kier alpha value is -3.52. The average Bonchev–Trinajstić information content (AvgIpc) is 3.26. The van der Waals surface area contributed by atoms with Crippen molar-refractivity contribution in [2.24, 2.45) is 0 Å². The molecule has 0 radical (unpaired) electrons. The summed E-state index contributed by atoms with van der Waals surface area (Å²) >= 11 is 0. The maximum atomic E-state index is 13.1. The second-order valence-corrected chi connectivity index (χ2v) is 7.45. The van der Waals surface area contributed by atoms with Gasteiger partial charge in [-0.1, -0.05) is 12.1 Å². The van der Waals surface area contributed by atoms with Crippen LogP contribution in [-0.4, -0.2) is 57.6 Å². The van der Waals surface area contributed by atoms with Gasteiger partial charge in [0.25, 0.3) is 0 Å². The second kappa shape index (κ2) is 9.09. The Morgan fingerprint density at radius 1 is 1.00 bits per heavy atom. The highest BCUT2D eigenvalue weighted by atomic mass is 19.1. The minimum atomic E-state index is -0.300. The van der Waals surface area contributed by atoms with Gasteiger partial charge >= 0.3 is 6.03 Å². The molecule has 1 amide bonds. The number of ether oxygens (including phenoxy) is 1. The molecule has 0 spiro atoms. The van der Waals surface area contributed by atoms with E-state index < -0.39 is 0 Å². The Kier molecular flexibility index (Phi) is 6.08. The quantitative estimate of drug-likeness (QED) is 0.585. The molecule has 0 bridgehead atoms. The van der Waals surface area contributed by atoms with Gasteiger partial charge in [-0.25, -0.2) is 9.18 Å². The number of rotatable bonds is 5. The molecule has 0 aliphatic carbocycles. The second-order valence-electron chi connectivity index (χ2n) is 7.45. The van der Waals surface area contributed by atoms with E-state index >= 15 is 0 Å². The van der Waals surface area contributed by atoms with Crippen LogP contribution in [0.2, 0.25) is 0 Å². The van der Waals surface area contributed by atoms with E-state index in [1.165, 1.54) is 29.9 Å². The zero-order valence-corrected chi connectivity index (χ0v) is 17.2. The summed E-state index contributed by atoms with van der Waals surface area (Å²) in [6, 6.07) is 15.0. The molecule has 2 heterocycles. The molecule has 3 aromatic rings. The molecule has 7 nitrogen and oxygen atoms in total. The van der Waals surface area contributed by atoms with E-state index in [2.05, 4.69) is 10.00 Å². The van der Waals surface area contributed by atoms with Gasteiger partial charge in [0.1, 0.15) is 23.0 Å². The van der Waals surface area contributed by atoms with E-state index in [9.17, 15) is 14.0 Å². The fourth-order valence-corrected chi connectivity index (χ4v) is 3.46. The van der Waals surface area contributed by atoms with Crippen molar-refractivity contribution in [1.29, 1.82) is 0 Å². The van der Waals surface area contributed by atoms with Crippen LogP contribution in [0.15, 0.2) is 60.8 Å². The Balaban J connectivity index is 1.32. The van der Waals surface area contributed by atoms with Gasteiger partial charge in [-0.3, -0.25) is 9.69 Å². The van der Waals surface area contributed by atoms with Gasteiger partial charge in [0.15, 0.2) is 5.78 Å². The van der Waals surface area contributed by atoms with Gasteiger partial charge < -0.3 is 9.64 Å². The molecule has 0 unspecified atom stereocenters. The summed E-state index contributed by atoms with van der Waals surface area (Å²) in [4.78, 5) is 28.0. The van der Waals surface area contributed by atoms with Crippen molar-refractivity contribution < 1.29 is 18.7 Å². The highest BCUT2D eigenvalue weighted by Gasteiger charge is 2.23. The summed E-state index contributed by atoms with van der Waals surface area (Å²) in [7, 11) is 0. The number of hydrogen-bond donors (Lipinski definition) is 0. The molecular weight excluding hydrogens is 399 g/mol. The van der Waals surface area contributed by atoms with E-state index in [0.29, 0.717) is 24.6 Å². The molecule has 0 atom stereocenters. The number of benzene rings is 2. The highest BCUT2D eigenvalue weighted by molar-refractivity contribution is 5.92. The Morgan fingerprint density at radius 3 is 2.42 bits per heavy atom. The Morgan fingerprint density at radius 2 is 1.74 bits per heavy atom. The minimum Gasteiger partial charge on any atom is -0.457 e. The zero-order valence-electron chi connectivity index (χ0n) is 17.2. The number of nitrogens with zero attached hydrogens (tertiary/aromatic N) is 4. The molecule has 1 saturated heterocycles. The van der Waals surface area contributed by atoms with E-state index in [1.54, 1.807) is 23.1 Å². The van der Waals surface area contributed by atoms with Crippen molar-refractivity contribution in [3.63, 3.8) is 0 Å². The predicted octanol–water partition coefficient (Wildman–Crippen LogP) is 3.80. The normalized spacial score (nSPS) is 14.5. The molecule has 160 valence electrons. The molecule has 2 aromatic carbocycles. The molecule has 0 N–H and O–H groups in total. The zero-order chi connectivity index (χ0) is 21.8. The first kappa shape index (κ1) is 20.7. The fourth-order valence-electron chi connectivity index (χ4n) is 3.46. The number of carbonyl (C=O) groups is 2. The molecule has 1 aromatic heterocycles. The molecule has 1 fully saturated rings. The van der Waals surface area contributed by atoms with Gasteiger partial charge in [-0.15, -0.1) is 0 Å². The smallest absolute Gasteiger partial charge is 0.344 e. The number of Topliss-reactive ketones (excluding diaryl/α,β-unsaturated/α-hetero) is 1. The monoisotopic (exact) mass is 422 g/mol. The maximum Gasteiger partial charge on any atom is 0.344 e. The van der Waals surface area contributed by atoms with Gasteiger partial charge in [0, 0.05) is 45.8 Å². The van der Waals surface area contributed by atoms with Crippen LogP contribution in [0.25, 0.3) is 0 Å². The molecule has 8 heteroatoms. The standard InChI is InChI=1S/C23H23FN4O3/c1-17(29)22-9-10-28(25-22)23(30)27-13-11-26(12-14-27)16-18-3-2-4-21(15-18)31-20-7-5-19(24)6-8-20/h2-10,15H,11-14,16H2,1H3. The van der Waals surface area contributed by atoms with Gasteiger partial charge in [0.2, 0.25) is 0 Å². The molecule has 0 saturated carbocycles. The molecule has 1 aliphatic heterocycles. The van der Waals surface area contributed by atoms with E-state index in [4.69, 9.17) is 4.74 Å². The van der Waals surface area contributed by atoms with Gasteiger partial charge in [-0.05, 0) is 48.0 Å². The lowest BCUT2D eigenvalue weighted by Gasteiger charge is -2.34. The number of hydrogen-bond acceptors (Lipinski definition) is 5. The lowest BCUT2D eigenvalue weighted by atomic mass is 10.2. The number of piperazine rings is 1. The highest BCUT2D eigenvalue weighted by Crippen LogP contribution is 2.23. The first-order chi connectivity index (χ1) is 15.0. The maximum absolute atomic E-state index is 13.1. The van der Waals surface area contributed by atoms with Crippen LogP contribution in [0.1, 0.15) is 23.0 Å². The minimum absolute atomic E-state index is 0.165. The summed E-state index contributed by atoms with van der Waals surface area (Å²) in [5.74, 6) is 0.808. The number of halogens is 1. The van der Waals surface area contributed by atoms with Crippen LogP contribution in [0.5, 0.6) is 11.5 Å². The van der Waals surface area contributed by atoms with Crippen molar-refractivity contribution in [2.45, 2.75) is 13.5 Å². The summed E-state index contributed by atoms with van der Waals surface area (Å²) in [6.07, 6.45) is 1.53. The third-order valence-corrected chi connectivity index (χ3v) is 5.14. The number of ketones is 1. The van der Waals surface area contributed by atoms with Crippen molar-refractivity contribution in [2.75, 3.05) is 26.2 Å². The first-order valence-electron chi connectivity index (χ1n) is 10.1. The molecule has 1 aliphatic rings. The van der Waals surface area contributed by atoms with Crippen LogP contribution in [0, 0.1) is 5.82 Å². The van der Waals surface area contributed by atoms with E-state index in [0.717, 1.165) is 25.2 Å². The summed E-state index contributed by atoms with van der Waals surface area (Å²) in [6.45, 7) is 4.79. The van der Waals surface area contributed by atoms with Gasteiger partial charge in [-0.2, -0.15) is 9.78 Å². The number of amides is 1.